The van der Waals surface area contributed by atoms with Crippen molar-refractivity contribution in [2.75, 3.05) is 32.1 Å². The van der Waals surface area contributed by atoms with Gasteiger partial charge in [0.15, 0.2) is 0 Å². The van der Waals surface area contributed by atoms with Gasteiger partial charge in [-0.2, -0.15) is 11.8 Å². The maximum absolute atomic E-state index is 10.4. The third-order valence-corrected chi connectivity index (χ3v) is 2.89. The Morgan fingerprint density at radius 1 is 1.50 bits per heavy atom. The Labute approximate surface area is 89.8 Å². The Morgan fingerprint density at radius 3 is 2.64 bits per heavy atom. The van der Waals surface area contributed by atoms with Crippen LogP contribution in [0, 0.1) is 0 Å². The van der Waals surface area contributed by atoms with Crippen molar-refractivity contribution >= 4 is 17.7 Å². The summed E-state index contributed by atoms with van der Waals surface area (Å²) >= 11 is 1.77. The van der Waals surface area contributed by atoms with Gasteiger partial charge >= 0.3 is 5.97 Å². The number of carbonyl (C=O) groups is 1. The number of rotatable bonds is 8. The number of carboxylic acid groups (broad SMARTS) is 1. The molecule has 1 atom stereocenters. The van der Waals surface area contributed by atoms with Crippen molar-refractivity contribution in [3.63, 3.8) is 0 Å². The smallest absolute Gasteiger partial charge is 0.320 e. The van der Waals surface area contributed by atoms with Crippen LogP contribution in [0.25, 0.3) is 0 Å². The number of carboxylic acids is 1. The van der Waals surface area contributed by atoms with Gasteiger partial charge in [0.25, 0.3) is 0 Å². The highest BCUT2D eigenvalue weighted by Crippen LogP contribution is 2.06. The SMILES string of the molecule is CN(C)CCCSCCC(N)C(=O)O. The summed E-state index contributed by atoms with van der Waals surface area (Å²) in [6.07, 6.45) is 1.70. The van der Waals surface area contributed by atoms with Gasteiger partial charge in [0, 0.05) is 0 Å². The number of hydrogen-bond acceptors (Lipinski definition) is 4. The van der Waals surface area contributed by atoms with E-state index in [2.05, 4.69) is 4.90 Å². The molecule has 0 aliphatic rings. The summed E-state index contributed by atoms with van der Waals surface area (Å²) in [5.74, 6) is 1.00. The lowest BCUT2D eigenvalue weighted by Gasteiger charge is -2.09. The van der Waals surface area contributed by atoms with Gasteiger partial charge < -0.3 is 15.7 Å². The summed E-state index contributed by atoms with van der Waals surface area (Å²) in [4.78, 5) is 12.5. The summed E-state index contributed by atoms with van der Waals surface area (Å²) in [6.45, 7) is 1.08. The number of aliphatic carboxylic acids is 1. The lowest BCUT2D eigenvalue weighted by Crippen LogP contribution is -2.30. The standard InChI is InChI=1S/C9H20N2O2S/c1-11(2)5-3-6-14-7-4-8(10)9(12)13/h8H,3-7,10H2,1-2H3,(H,12,13). The van der Waals surface area contributed by atoms with Gasteiger partial charge in [-0.25, -0.2) is 0 Å². The molecule has 0 amide bonds. The molecular formula is C9H20N2O2S. The molecule has 3 N–H and O–H groups in total. The second-order valence-electron chi connectivity index (χ2n) is 3.50. The predicted molar refractivity (Wildman–Crippen MR) is 60.7 cm³/mol. The van der Waals surface area contributed by atoms with E-state index < -0.39 is 12.0 Å². The van der Waals surface area contributed by atoms with Crippen LogP contribution in [0.5, 0.6) is 0 Å². The Morgan fingerprint density at radius 2 is 2.14 bits per heavy atom. The average Bonchev–Trinajstić information content (AvgIpc) is 2.09. The summed E-state index contributed by atoms with van der Waals surface area (Å²) in [5, 5.41) is 8.52. The van der Waals surface area contributed by atoms with Crippen molar-refractivity contribution in [2.24, 2.45) is 5.73 Å². The average molecular weight is 220 g/mol. The molecule has 0 fully saturated rings. The van der Waals surface area contributed by atoms with Gasteiger partial charge in [0.05, 0.1) is 0 Å². The van der Waals surface area contributed by atoms with Crippen molar-refractivity contribution in [3.8, 4) is 0 Å². The maximum Gasteiger partial charge on any atom is 0.320 e. The molecular weight excluding hydrogens is 200 g/mol. The number of nitrogens with two attached hydrogens (primary N) is 1. The zero-order valence-electron chi connectivity index (χ0n) is 8.90. The lowest BCUT2D eigenvalue weighted by molar-refractivity contribution is -0.138. The summed E-state index contributed by atoms with van der Waals surface area (Å²) in [5.41, 5.74) is 5.36. The van der Waals surface area contributed by atoms with Gasteiger partial charge in [0.2, 0.25) is 0 Å². The third kappa shape index (κ3) is 8.34. The Kier molecular flexibility index (Phi) is 7.93. The fraction of sp³-hybridized carbons (Fsp3) is 0.889. The largest absolute Gasteiger partial charge is 0.480 e. The molecule has 1 unspecified atom stereocenters. The van der Waals surface area contributed by atoms with Crippen molar-refractivity contribution in [1.29, 1.82) is 0 Å². The number of hydrogen-bond donors (Lipinski definition) is 2. The normalized spacial score (nSPS) is 13.1. The van der Waals surface area contributed by atoms with Crippen molar-refractivity contribution in [3.05, 3.63) is 0 Å². The highest BCUT2D eigenvalue weighted by molar-refractivity contribution is 7.99. The van der Waals surface area contributed by atoms with Gasteiger partial charge in [0.1, 0.15) is 6.04 Å². The van der Waals surface area contributed by atoms with Gasteiger partial charge in [-0.3, -0.25) is 4.79 Å². The molecule has 0 aliphatic heterocycles. The molecule has 0 aromatic carbocycles. The first kappa shape index (κ1) is 13.7. The number of thioether (sulfide) groups is 1. The fourth-order valence-electron chi connectivity index (χ4n) is 0.919. The fourth-order valence-corrected chi connectivity index (χ4v) is 1.88. The van der Waals surface area contributed by atoms with Crippen LogP contribution in [0.3, 0.4) is 0 Å². The minimum absolute atomic E-state index is 0.558. The van der Waals surface area contributed by atoms with Gasteiger partial charge in [-0.15, -0.1) is 0 Å². The zero-order chi connectivity index (χ0) is 11.0. The van der Waals surface area contributed by atoms with Crippen LogP contribution in [-0.2, 0) is 4.79 Å². The number of nitrogens with zero attached hydrogens (tertiary/aromatic N) is 1. The quantitative estimate of drug-likeness (QED) is 0.582. The van der Waals surface area contributed by atoms with Crippen LogP contribution >= 0.6 is 11.8 Å². The molecule has 4 nitrogen and oxygen atoms in total. The maximum atomic E-state index is 10.4. The van der Waals surface area contributed by atoms with E-state index in [4.69, 9.17) is 10.8 Å². The topological polar surface area (TPSA) is 66.6 Å². The highest BCUT2D eigenvalue weighted by Gasteiger charge is 2.09. The van der Waals surface area contributed by atoms with E-state index in [0.29, 0.717) is 6.42 Å². The summed E-state index contributed by atoms with van der Waals surface area (Å²) in [7, 11) is 4.09. The van der Waals surface area contributed by atoms with Crippen molar-refractivity contribution in [1.82, 2.24) is 4.90 Å². The molecule has 0 saturated carbocycles. The highest BCUT2D eigenvalue weighted by atomic mass is 32.2. The Hall–Kier alpha value is -0.260. The Balaban J connectivity index is 3.17. The van der Waals surface area contributed by atoms with Gasteiger partial charge in [-0.1, -0.05) is 0 Å². The van der Waals surface area contributed by atoms with Crippen LogP contribution in [0.2, 0.25) is 0 Å². The van der Waals surface area contributed by atoms with E-state index >= 15 is 0 Å². The molecule has 0 aromatic heterocycles. The van der Waals surface area contributed by atoms with E-state index in [1.165, 1.54) is 0 Å². The van der Waals surface area contributed by atoms with Gasteiger partial charge in [-0.05, 0) is 45.0 Å². The molecule has 14 heavy (non-hydrogen) atoms. The monoisotopic (exact) mass is 220 g/mol. The lowest BCUT2D eigenvalue weighted by atomic mass is 10.2. The van der Waals surface area contributed by atoms with Crippen molar-refractivity contribution in [2.45, 2.75) is 18.9 Å². The second kappa shape index (κ2) is 8.08. The third-order valence-electron chi connectivity index (χ3n) is 1.78. The molecule has 0 aromatic rings. The summed E-state index contributed by atoms with van der Waals surface area (Å²) < 4.78 is 0. The molecule has 0 saturated heterocycles. The molecule has 84 valence electrons. The first-order valence-corrected chi connectivity index (χ1v) is 5.90. The van der Waals surface area contributed by atoms with E-state index in [9.17, 15) is 4.79 Å². The minimum atomic E-state index is -0.904. The van der Waals surface area contributed by atoms with Crippen LogP contribution < -0.4 is 5.73 Å². The second-order valence-corrected chi connectivity index (χ2v) is 4.73. The van der Waals surface area contributed by atoms with Crippen LogP contribution in [0.15, 0.2) is 0 Å². The van der Waals surface area contributed by atoms with Crippen LogP contribution in [-0.4, -0.2) is 54.2 Å². The van der Waals surface area contributed by atoms with Crippen LogP contribution in [0.1, 0.15) is 12.8 Å². The Bertz CT molecular complexity index is 165. The molecule has 5 heteroatoms. The molecule has 0 rings (SSSR count). The molecule has 0 radical (unpaired) electrons. The predicted octanol–water partition coefficient (Wildman–Crippen LogP) is 0.473. The zero-order valence-corrected chi connectivity index (χ0v) is 9.72. The van der Waals surface area contributed by atoms with E-state index in [1.807, 2.05) is 14.1 Å². The summed E-state index contributed by atoms with van der Waals surface area (Å²) in [6, 6.07) is -0.698. The van der Waals surface area contributed by atoms with Crippen molar-refractivity contribution < 1.29 is 9.90 Å². The molecule has 0 aliphatic carbocycles. The van der Waals surface area contributed by atoms with E-state index in [-0.39, 0.29) is 0 Å². The first-order chi connectivity index (χ1) is 6.54. The first-order valence-electron chi connectivity index (χ1n) is 4.75. The van der Waals surface area contributed by atoms with E-state index in [1.54, 1.807) is 11.8 Å². The molecule has 0 heterocycles. The van der Waals surface area contributed by atoms with Crippen LogP contribution in [0.4, 0.5) is 0 Å². The molecule has 0 bridgehead atoms. The minimum Gasteiger partial charge on any atom is -0.480 e. The van der Waals surface area contributed by atoms with E-state index in [0.717, 1.165) is 24.5 Å². The molecule has 0 spiro atoms.